The summed E-state index contributed by atoms with van der Waals surface area (Å²) in [6, 6.07) is 1.99. The lowest BCUT2D eigenvalue weighted by molar-refractivity contribution is -0.140. The van der Waals surface area contributed by atoms with Gasteiger partial charge in [0.15, 0.2) is 0 Å². The number of aromatic nitrogens is 2. The Kier molecular flexibility index (Phi) is 4.49. The minimum Gasteiger partial charge on any atom is -0.469 e. The van der Waals surface area contributed by atoms with Gasteiger partial charge < -0.3 is 10.5 Å². The molecule has 0 aliphatic carbocycles. The van der Waals surface area contributed by atoms with Crippen LogP contribution in [-0.4, -0.2) is 22.9 Å². The fourth-order valence-electron chi connectivity index (χ4n) is 1.57. The lowest BCUT2D eigenvalue weighted by Gasteiger charge is -2.16. The summed E-state index contributed by atoms with van der Waals surface area (Å²) < 4.78 is 6.46. The second-order valence-electron chi connectivity index (χ2n) is 4.02. The smallest absolute Gasteiger partial charge is 0.305 e. The average Bonchev–Trinajstić information content (AvgIpc) is 2.74. The van der Waals surface area contributed by atoms with Crippen LogP contribution in [0.15, 0.2) is 12.3 Å². The van der Waals surface area contributed by atoms with E-state index in [-0.39, 0.29) is 18.1 Å². The summed E-state index contributed by atoms with van der Waals surface area (Å²) in [6.07, 6.45) is 2.64. The first kappa shape index (κ1) is 12.7. The molecule has 5 nitrogen and oxygen atoms in total. The van der Waals surface area contributed by atoms with Gasteiger partial charge in [0.2, 0.25) is 0 Å². The standard InChI is InChI=1S/C11H19N3O2/c1-8(2)14-10(6-7-13-14)9(12)4-5-11(15)16-3/h6-9H,4-5,12H2,1-3H3. The number of carbonyl (C=O) groups excluding carboxylic acids is 1. The van der Waals surface area contributed by atoms with Crippen LogP contribution in [0.25, 0.3) is 0 Å². The number of hydrogen-bond acceptors (Lipinski definition) is 4. The van der Waals surface area contributed by atoms with Crippen molar-refractivity contribution in [2.45, 2.75) is 38.8 Å². The minimum absolute atomic E-state index is 0.177. The summed E-state index contributed by atoms with van der Waals surface area (Å²) in [7, 11) is 1.38. The SMILES string of the molecule is COC(=O)CCC(N)c1ccnn1C(C)C. The molecule has 0 amide bonds. The number of esters is 1. The van der Waals surface area contributed by atoms with E-state index in [0.29, 0.717) is 12.8 Å². The van der Waals surface area contributed by atoms with Crippen LogP contribution in [0.4, 0.5) is 0 Å². The Hall–Kier alpha value is -1.36. The molecule has 0 radical (unpaired) electrons. The van der Waals surface area contributed by atoms with Gasteiger partial charge in [-0.2, -0.15) is 5.10 Å². The molecule has 16 heavy (non-hydrogen) atoms. The fourth-order valence-corrected chi connectivity index (χ4v) is 1.57. The van der Waals surface area contributed by atoms with Gasteiger partial charge in [-0.15, -0.1) is 0 Å². The van der Waals surface area contributed by atoms with Gasteiger partial charge in [-0.3, -0.25) is 9.48 Å². The Labute approximate surface area is 95.6 Å². The molecular formula is C11H19N3O2. The van der Waals surface area contributed by atoms with E-state index in [4.69, 9.17) is 5.73 Å². The van der Waals surface area contributed by atoms with Crippen LogP contribution in [0.1, 0.15) is 44.5 Å². The highest BCUT2D eigenvalue weighted by atomic mass is 16.5. The number of hydrogen-bond donors (Lipinski definition) is 1. The second-order valence-corrected chi connectivity index (χ2v) is 4.02. The zero-order valence-electron chi connectivity index (χ0n) is 10.0. The number of carbonyl (C=O) groups is 1. The molecule has 0 aromatic carbocycles. The summed E-state index contributed by atoms with van der Waals surface area (Å²) >= 11 is 0. The zero-order valence-corrected chi connectivity index (χ0v) is 10.0. The molecule has 0 aliphatic heterocycles. The molecule has 0 aliphatic rings. The third kappa shape index (κ3) is 3.06. The van der Waals surface area contributed by atoms with E-state index in [1.165, 1.54) is 7.11 Å². The summed E-state index contributed by atoms with van der Waals surface area (Å²) in [6.45, 7) is 4.09. The molecule has 1 aromatic rings. The molecule has 0 bridgehead atoms. The van der Waals surface area contributed by atoms with E-state index < -0.39 is 0 Å². The van der Waals surface area contributed by atoms with Gasteiger partial charge in [-0.1, -0.05) is 0 Å². The van der Waals surface area contributed by atoms with Crippen molar-refractivity contribution >= 4 is 5.97 Å². The predicted octanol–water partition coefficient (Wildman–Crippen LogP) is 1.42. The van der Waals surface area contributed by atoms with E-state index in [0.717, 1.165) is 5.69 Å². The van der Waals surface area contributed by atoms with Crippen molar-refractivity contribution in [3.63, 3.8) is 0 Å². The van der Waals surface area contributed by atoms with E-state index in [1.807, 2.05) is 24.6 Å². The maximum Gasteiger partial charge on any atom is 0.305 e. The maximum absolute atomic E-state index is 11.0. The minimum atomic E-state index is -0.230. The van der Waals surface area contributed by atoms with Crippen molar-refractivity contribution in [2.75, 3.05) is 7.11 Å². The number of ether oxygens (including phenoxy) is 1. The van der Waals surface area contributed by atoms with Gasteiger partial charge in [-0.05, 0) is 26.3 Å². The molecule has 2 N–H and O–H groups in total. The van der Waals surface area contributed by atoms with Crippen molar-refractivity contribution in [2.24, 2.45) is 5.73 Å². The molecule has 0 fully saturated rings. The molecule has 0 saturated carbocycles. The van der Waals surface area contributed by atoms with Crippen molar-refractivity contribution in [1.82, 2.24) is 9.78 Å². The van der Waals surface area contributed by atoms with Crippen molar-refractivity contribution < 1.29 is 9.53 Å². The van der Waals surface area contributed by atoms with E-state index in [9.17, 15) is 4.79 Å². The number of methoxy groups -OCH3 is 1. The van der Waals surface area contributed by atoms with Crippen LogP contribution in [0.5, 0.6) is 0 Å². The summed E-state index contributed by atoms with van der Waals surface area (Å²) in [5, 5.41) is 4.20. The molecule has 1 atom stereocenters. The van der Waals surface area contributed by atoms with Crippen LogP contribution in [-0.2, 0) is 9.53 Å². The molecule has 1 heterocycles. The van der Waals surface area contributed by atoms with Gasteiger partial charge in [0.05, 0.1) is 12.8 Å². The second kappa shape index (κ2) is 5.65. The molecule has 90 valence electrons. The first-order chi connectivity index (χ1) is 7.56. The number of rotatable bonds is 5. The largest absolute Gasteiger partial charge is 0.469 e. The molecule has 1 rings (SSSR count). The van der Waals surface area contributed by atoms with Gasteiger partial charge in [0.25, 0.3) is 0 Å². The zero-order chi connectivity index (χ0) is 12.1. The first-order valence-corrected chi connectivity index (χ1v) is 5.42. The Bertz CT molecular complexity index is 347. The van der Waals surface area contributed by atoms with Crippen molar-refractivity contribution in [1.29, 1.82) is 0 Å². The monoisotopic (exact) mass is 225 g/mol. The highest BCUT2D eigenvalue weighted by molar-refractivity contribution is 5.69. The maximum atomic E-state index is 11.0. The fraction of sp³-hybridized carbons (Fsp3) is 0.636. The highest BCUT2D eigenvalue weighted by Gasteiger charge is 2.15. The Balaban J connectivity index is 2.62. The summed E-state index contributed by atoms with van der Waals surface area (Å²) in [4.78, 5) is 11.0. The lowest BCUT2D eigenvalue weighted by Crippen LogP contribution is -2.18. The van der Waals surface area contributed by atoms with Crippen LogP contribution in [0.3, 0.4) is 0 Å². The van der Waals surface area contributed by atoms with Gasteiger partial charge >= 0.3 is 5.97 Å². The number of nitrogens with two attached hydrogens (primary N) is 1. The molecule has 1 aromatic heterocycles. The third-order valence-electron chi connectivity index (χ3n) is 2.46. The molecule has 5 heteroatoms. The van der Waals surface area contributed by atoms with Gasteiger partial charge in [0.1, 0.15) is 0 Å². The van der Waals surface area contributed by atoms with Gasteiger partial charge in [-0.25, -0.2) is 0 Å². The quantitative estimate of drug-likeness (QED) is 0.769. The summed E-state index contributed by atoms with van der Waals surface area (Å²) in [5.74, 6) is -0.230. The highest BCUT2D eigenvalue weighted by Crippen LogP contribution is 2.18. The van der Waals surface area contributed by atoms with Crippen LogP contribution >= 0.6 is 0 Å². The molecule has 0 saturated heterocycles. The van der Waals surface area contributed by atoms with E-state index >= 15 is 0 Å². The normalized spacial score (nSPS) is 12.8. The Morgan fingerprint density at radius 2 is 2.31 bits per heavy atom. The predicted molar refractivity (Wildman–Crippen MR) is 60.8 cm³/mol. The molecule has 1 unspecified atom stereocenters. The lowest BCUT2D eigenvalue weighted by atomic mass is 10.1. The van der Waals surface area contributed by atoms with Crippen LogP contribution in [0.2, 0.25) is 0 Å². The average molecular weight is 225 g/mol. The Morgan fingerprint density at radius 1 is 1.62 bits per heavy atom. The number of nitrogens with zero attached hydrogens (tertiary/aromatic N) is 2. The molecule has 0 spiro atoms. The topological polar surface area (TPSA) is 70.1 Å². The van der Waals surface area contributed by atoms with E-state index in [1.54, 1.807) is 6.20 Å². The van der Waals surface area contributed by atoms with Crippen molar-refractivity contribution in [3.05, 3.63) is 18.0 Å². The van der Waals surface area contributed by atoms with Crippen LogP contribution < -0.4 is 5.73 Å². The van der Waals surface area contributed by atoms with E-state index in [2.05, 4.69) is 9.84 Å². The third-order valence-corrected chi connectivity index (χ3v) is 2.46. The first-order valence-electron chi connectivity index (χ1n) is 5.42. The van der Waals surface area contributed by atoms with Crippen molar-refractivity contribution in [3.8, 4) is 0 Å². The molecular weight excluding hydrogens is 206 g/mol. The van der Waals surface area contributed by atoms with Crippen LogP contribution in [0, 0.1) is 0 Å². The summed E-state index contributed by atoms with van der Waals surface area (Å²) in [5.41, 5.74) is 6.97. The Morgan fingerprint density at radius 3 is 2.88 bits per heavy atom. The van der Waals surface area contributed by atoms with Gasteiger partial charge in [0, 0.05) is 24.7 Å².